The van der Waals surface area contributed by atoms with Crippen molar-refractivity contribution in [3.8, 4) is 5.75 Å². The van der Waals surface area contributed by atoms with Gasteiger partial charge in [-0.15, -0.1) is 12.4 Å². The Bertz CT molecular complexity index is 547. The molecule has 136 valence electrons. The average Bonchev–Trinajstić information content (AvgIpc) is 2.52. The number of hydrogen-bond donors (Lipinski definition) is 2. The van der Waals surface area contributed by atoms with E-state index in [1.165, 1.54) is 0 Å². The number of carbonyl (C=O) groups excluding carboxylic acids is 1. The number of halogens is 4. The zero-order valence-corrected chi connectivity index (χ0v) is 14.2. The number of piperidine rings is 1. The van der Waals surface area contributed by atoms with Gasteiger partial charge in [-0.25, -0.2) is 0 Å². The maximum atomic E-state index is 12.3. The molecular weight excluding hydrogens is 345 g/mol. The fraction of sp³-hybridized carbons (Fsp3) is 0.562. The first kappa shape index (κ1) is 20.6. The quantitative estimate of drug-likeness (QED) is 0.842. The van der Waals surface area contributed by atoms with E-state index < -0.39 is 12.8 Å². The Morgan fingerprint density at radius 1 is 1.33 bits per heavy atom. The van der Waals surface area contributed by atoms with Crippen LogP contribution in [0.5, 0.6) is 5.75 Å². The van der Waals surface area contributed by atoms with E-state index in [9.17, 15) is 18.0 Å². The molecule has 0 aromatic heterocycles. The zero-order valence-electron chi connectivity index (χ0n) is 13.4. The van der Waals surface area contributed by atoms with Gasteiger partial charge in [-0.2, -0.15) is 13.2 Å². The average molecular weight is 367 g/mol. The Balaban J connectivity index is 0.00000288. The highest BCUT2D eigenvalue weighted by molar-refractivity contribution is 5.85. The summed E-state index contributed by atoms with van der Waals surface area (Å²) in [6, 6.07) is 5.02. The van der Waals surface area contributed by atoms with Gasteiger partial charge in [0, 0.05) is 18.0 Å². The second-order valence-corrected chi connectivity index (χ2v) is 5.76. The molecule has 0 bridgehead atoms. The van der Waals surface area contributed by atoms with Crippen LogP contribution in [0.15, 0.2) is 18.2 Å². The third kappa shape index (κ3) is 6.57. The smallest absolute Gasteiger partial charge is 0.422 e. The first-order valence-electron chi connectivity index (χ1n) is 7.62. The van der Waals surface area contributed by atoms with Gasteiger partial charge in [0.1, 0.15) is 5.75 Å². The van der Waals surface area contributed by atoms with Crippen molar-refractivity contribution in [2.75, 3.05) is 19.7 Å². The highest BCUT2D eigenvalue weighted by atomic mass is 35.5. The fourth-order valence-corrected chi connectivity index (χ4v) is 2.51. The molecule has 2 N–H and O–H groups in total. The lowest BCUT2D eigenvalue weighted by Crippen LogP contribution is -2.37. The molecule has 1 aromatic carbocycles. The van der Waals surface area contributed by atoms with Crippen LogP contribution in [0.25, 0.3) is 0 Å². The first-order chi connectivity index (χ1) is 10.8. The fourth-order valence-electron chi connectivity index (χ4n) is 2.51. The van der Waals surface area contributed by atoms with Crippen LogP contribution in [0, 0.1) is 12.8 Å². The van der Waals surface area contributed by atoms with Gasteiger partial charge in [0.25, 0.3) is 0 Å². The normalized spacial score (nSPS) is 15.5. The summed E-state index contributed by atoms with van der Waals surface area (Å²) >= 11 is 0. The predicted octanol–water partition coefficient (Wildman–Crippen LogP) is 2.97. The molecule has 8 heteroatoms. The molecular formula is C16H22ClF3N2O2. The second-order valence-electron chi connectivity index (χ2n) is 5.76. The van der Waals surface area contributed by atoms with Crippen molar-refractivity contribution in [2.45, 2.75) is 32.5 Å². The summed E-state index contributed by atoms with van der Waals surface area (Å²) in [6.45, 7) is 2.21. The molecule has 1 aliphatic rings. The molecule has 0 spiro atoms. The summed E-state index contributed by atoms with van der Waals surface area (Å²) < 4.78 is 41.9. The van der Waals surface area contributed by atoms with E-state index in [0.717, 1.165) is 31.5 Å². The van der Waals surface area contributed by atoms with Crippen molar-refractivity contribution in [1.82, 2.24) is 10.6 Å². The van der Waals surface area contributed by atoms with Crippen LogP contribution < -0.4 is 15.4 Å². The molecule has 0 unspecified atom stereocenters. The summed E-state index contributed by atoms with van der Waals surface area (Å²) in [4.78, 5) is 12.1. The van der Waals surface area contributed by atoms with Crippen LogP contribution in [0.1, 0.15) is 24.0 Å². The van der Waals surface area contributed by atoms with E-state index in [2.05, 4.69) is 10.6 Å². The summed E-state index contributed by atoms with van der Waals surface area (Å²) in [7, 11) is 0. The van der Waals surface area contributed by atoms with Crippen molar-refractivity contribution in [3.63, 3.8) is 0 Å². The standard InChI is InChI=1S/C16H21F3N2O2.ClH/c1-11-2-3-13(14(8-11)23-10-16(17,18)19)9-21-15(22)12-4-6-20-7-5-12;/h2-3,8,12,20H,4-7,9-10H2,1H3,(H,21,22);1H. The van der Waals surface area contributed by atoms with Gasteiger partial charge in [-0.3, -0.25) is 4.79 Å². The number of carbonyl (C=O) groups is 1. The van der Waals surface area contributed by atoms with Gasteiger partial charge < -0.3 is 15.4 Å². The van der Waals surface area contributed by atoms with Crippen LogP contribution in [-0.4, -0.2) is 31.8 Å². The molecule has 1 fully saturated rings. The van der Waals surface area contributed by atoms with Crippen molar-refractivity contribution in [1.29, 1.82) is 0 Å². The number of aryl methyl sites for hydroxylation is 1. The molecule has 24 heavy (non-hydrogen) atoms. The Morgan fingerprint density at radius 3 is 2.62 bits per heavy atom. The summed E-state index contributed by atoms with van der Waals surface area (Å²) in [6.07, 6.45) is -2.84. The van der Waals surface area contributed by atoms with E-state index in [-0.39, 0.29) is 36.5 Å². The molecule has 2 rings (SSSR count). The van der Waals surface area contributed by atoms with Crippen LogP contribution in [-0.2, 0) is 11.3 Å². The minimum Gasteiger partial charge on any atom is -0.484 e. The predicted molar refractivity (Wildman–Crippen MR) is 87.4 cm³/mol. The lowest BCUT2D eigenvalue weighted by Gasteiger charge is -2.22. The topological polar surface area (TPSA) is 50.4 Å². The molecule has 1 amide bonds. The van der Waals surface area contributed by atoms with Gasteiger partial charge in [-0.1, -0.05) is 12.1 Å². The molecule has 1 aliphatic heterocycles. The molecule has 0 saturated carbocycles. The van der Waals surface area contributed by atoms with Crippen LogP contribution in [0.2, 0.25) is 0 Å². The number of rotatable bonds is 5. The number of amides is 1. The van der Waals surface area contributed by atoms with Crippen molar-refractivity contribution in [3.05, 3.63) is 29.3 Å². The number of alkyl halides is 3. The summed E-state index contributed by atoms with van der Waals surface area (Å²) in [5.74, 6) is 0.0584. The second kappa shape index (κ2) is 9.13. The minimum absolute atomic E-state index is 0. The molecule has 0 aliphatic carbocycles. The monoisotopic (exact) mass is 366 g/mol. The molecule has 0 radical (unpaired) electrons. The Hall–Kier alpha value is -1.47. The van der Waals surface area contributed by atoms with Crippen molar-refractivity contribution >= 4 is 18.3 Å². The lowest BCUT2D eigenvalue weighted by atomic mass is 9.97. The van der Waals surface area contributed by atoms with E-state index in [0.29, 0.717) is 5.56 Å². The van der Waals surface area contributed by atoms with Crippen LogP contribution in [0.4, 0.5) is 13.2 Å². The first-order valence-corrected chi connectivity index (χ1v) is 7.62. The third-order valence-electron chi connectivity index (χ3n) is 3.78. The van der Waals surface area contributed by atoms with Crippen LogP contribution in [0.3, 0.4) is 0 Å². The number of benzene rings is 1. The van der Waals surface area contributed by atoms with Gasteiger partial charge in [0.05, 0.1) is 0 Å². The Morgan fingerprint density at radius 2 is 2.00 bits per heavy atom. The van der Waals surface area contributed by atoms with Crippen molar-refractivity contribution < 1.29 is 22.7 Å². The molecule has 1 saturated heterocycles. The SMILES string of the molecule is Cc1ccc(CNC(=O)C2CCNCC2)c(OCC(F)(F)F)c1.Cl. The highest BCUT2D eigenvalue weighted by Crippen LogP contribution is 2.24. The maximum Gasteiger partial charge on any atom is 0.422 e. The van der Waals surface area contributed by atoms with E-state index in [4.69, 9.17) is 4.74 Å². The largest absolute Gasteiger partial charge is 0.484 e. The molecule has 4 nitrogen and oxygen atoms in total. The third-order valence-corrected chi connectivity index (χ3v) is 3.78. The number of hydrogen-bond acceptors (Lipinski definition) is 3. The lowest BCUT2D eigenvalue weighted by molar-refractivity contribution is -0.153. The Kier molecular flexibility index (Phi) is 7.83. The van der Waals surface area contributed by atoms with E-state index >= 15 is 0 Å². The summed E-state index contributed by atoms with van der Waals surface area (Å²) in [5.41, 5.74) is 1.35. The Labute approximate surface area is 145 Å². The molecule has 1 aromatic rings. The van der Waals surface area contributed by atoms with Gasteiger partial charge in [0.15, 0.2) is 6.61 Å². The van der Waals surface area contributed by atoms with E-state index in [1.807, 2.05) is 0 Å². The molecule has 0 atom stereocenters. The number of nitrogens with one attached hydrogen (secondary N) is 2. The van der Waals surface area contributed by atoms with Gasteiger partial charge in [0.2, 0.25) is 5.91 Å². The van der Waals surface area contributed by atoms with E-state index in [1.54, 1.807) is 25.1 Å². The minimum atomic E-state index is -4.39. The summed E-state index contributed by atoms with van der Waals surface area (Å²) in [5, 5.41) is 5.98. The van der Waals surface area contributed by atoms with Crippen LogP contribution >= 0.6 is 12.4 Å². The van der Waals surface area contributed by atoms with Gasteiger partial charge in [-0.05, 0) is 44.5 Å². The van der Waals surface area contributed by atoms with Gasteiger partial charge >= 0.3 is 6.18 Å². The zero-order chi connectivity index (χ0) is 16.9. The highest BCUT2D eigenvalue weighted by Gasteiger charge is 2.29. The van der Waals surface area contributed by atoms with Crippen molar-refractivity contribution in [2.24, 2.45) is 5.92 Å². The maximum absolute atomic E-state index is 12.3. The molecule has 1 heterocycles. The number of ether oxygens (including phenoxy) is 1.